The molecule has 0 saturated heterocycles. The van der Waals surface area contributed by atoms with Crippen LogP contribution < -0.4 is 5.73 Å². The minimum Gasteiger partial charge on any atom is -0.380 e. The minimum atomic E-state index is -1.05. The van der Waals surface area contributed by atoms with E-state index in [9.17, 15) is 5.11 Å². The van der Waals surface area contributed by atoms with Crippen molar-refractivity contribution in [3.8, 4) is 0 Å². The smallest absolute Gasteiger partial charge is 0.318 e. The van der Waals surface area contributed by atoms with Crippen molar-refractivity contribution in [1.82, 2.24) is 10.1 Å². The summed E-state index contributed by atoms with van der Waals surface area (Å²) in [7, 11) is 0. The average Bonchev–Trinajstić information content (AvgIpc) is 2.68. The number of hydrogen-bond acceptors (Lipinski definition) is 5. The molecule has 1 aromatic heterocycles. The zero-order valence-corrected chi connectivity index (χ0v) is 9.40. The van der Waals surface area contributed by atoms with E-state index in [0.717, 1.165) is 0 Å². The minimum absolute atomic E-state index is 0.0795. The normalized spacial score (nSPS) is 12.7. The maximum Gasteiger partial charge on any atom is 0.318 e. The van der Waals surface area contributed by atoms with Gasteiger partial charge in [0.15, 0.2) is 0 Å². The van der Waals surface area contributed by atoms with Crippen LogP contribution in [-0.2, 0) is 0 Å². The number of rotatable bonds is 2. The molecule has 16 heavy (non-hydrogen) atoms. The third kappa shape index (κ3) is 2.11. The lowest BCUT2D eigenvalue weighted by Crippen LogP contribution is -2.02. The van der Waals surface area contributed by atoms with Crippen molar-refractivity contribution in [2.24, 2.45) is 0 Å². The zero-order chi connectivity index (χ0) is 11.7. The third-order valence-electron chi connectivity index (χ3n) is 1.96. The molecule has 3 N–H and O–H groups in total. The van der Waals surface area contributed by atoms with Gasteiger partial charge in [-0.25, -0.2) is 0 Å². The zero-order valence-electron chi connectivity index (χ0n) is 7.89. The Hall–Kier alpha value is -1.30. The van der Waals surface area contributed by atoms with Crippen LogP contribution in [-0.4, -0.2) is 15.2 Å². The van der Waals surface area contributed by atoms with Gasteiger partial charge in [-0.1, -0.05) is 34.4 Å². The Morgan fingerprint density at radius 3 is 2.62 bits per heavy atom. The second kappa shape index (κ2) is 4.29. The van der Waals surface area contributed by atoms with Crippen LogP contribution in [0.5, 0.6) is 0 Å². The van der Waals surface area contributed by atoms with E-state index in [1.807, 2.05) is 0 Å². The number of aliphatic hydroxyl groups excluding tert-OH is 1. The molecule has 5 nitrogen and oxygen atoms in total. The summed E-state index contributed by atoms with van der Waals surface area (Å²) in [6, 6.07) is 4.62. The fraction of sp³-hybridized carbons (Fsp3) is 0.111. The number of nitrogens with zero attached hydrogens (tertiary/aromatic N) is 2. The molecule has 84 valence electrons. The van der Waals surface area contributed by atoms with Crippen LogP contribution >= 0.6 is 23.2 Å². The molecule has 0 aliphatic carbocycles. The maximum atomic E-state index is 9.88. The second-order valence-electron chi connectivity index (χ2n) is 3.07. The van der Waals surface area contributed by atoms with Crippen molar-refractivity contribution in [1.29, 1.82) is 0 Å². The van der Waals surface area contributed by atoms with E-state index in [2.05, 4.69) is 14.7 Å². The van der Waals surface area contributed by atoms with Crippen molar-refractivity contribution < 1.29 is 9.63 Å². The summed E-state index contributed by atoms with van der Waals surface area (Å²) < 4.78 is 4.56. The molecule has 0 spiro atoms. The molecule has 0 amide bonds. The van der Waals surface area contributed by atoms with Gasteiger partial charge >= 0.3 is 6.01 Å². The molecule has 1 unspecified atom stereocenters. The first-order chi connectivity index (χ1) is 7.58. The Morgan fingerprint density at radius 1 is 1.31 bits per heavy atom. The number of halogens is 2. The first-order valence-corrected chi connectivity index (χ1v) is 5.05. The third-order valence-corrected chi connectivity index (χ3v) is 2.70. The lowest BCUT2D eigenvalue weighted by Gasteiger charge is -2.07. The molecule has 0 aliphatic heterocycles. The van der Waals surface area contributed by atoms with E-state index in [4.69, 9.17) is 28.9 Å². The maximum absolute atomic E-state index is 9.88. The summed E-state index contributed by atoms with van der Waals surface area (Å²) >= 11 is 11.6. The fourth-order valence-corrected chi connectivity index (χ4v) is 1.50. The van der Waals surface area contributed by atoms with Crippen LogP contribution in [0.15, 0.2) is 22.7 Å². The van der Waals surface area contributed by atoms with Gasteiger partial charge in [0.05, 0.1) is 10.0 Å². The molecule has 0 radical (unpaired) electrons. The molecule has 7 heteroatoms. The second-order valence-corrected chi connectivity index (χ2v) is 3.88. The van der Waals surface area contributed by atoms with Crippen molar-refractivity contribution in [3.05, 3.63) is 39.6 Å². The highest BCUT2D eigenvalue weighted by Gasteiger charge is 2.17. The molecule has 2 rings (SSSR count). The number of aromatic nitrogens is 2. The molecule has 0 bridgehead atoms. The Labute approximate surface area is 101 Å². The van der Waals surface area contributed by atoms with Crippen molar-refractivity contribution >= 4 is 29.2 Å². The SMILES string of the molecule is Nc1nc(C(O)c2ccc(Cl)c(Cl)c2)no1. The first-order valence-electron chi connectivity index (χ1n) is 4.30. The van der Waals surface area contributed by atoms with Crippen LogP contribution in [0.2, 0.25) is 10.0 Å². The molecule has 1 heterocycles. The monoisotopic (exact) mass is 259 g/mol. The van der Waals surface area contributed by atoms with E-state index >= 15 is 0 Å². The topological polar surface area (TPSA) is 85.2 Å². The van der Waals surface area contributed by atoms with Gasteiger partial charge in [-0.15, -0.1) is 0 Å². The van der Waals surface area contributed by atoms with Crippen LogP contribution in [0, 0.1) is 0 Å². The van der Waals surface area contributed by atoms with Crippen LogP contribution in [0.4, 0.5) is 6.01 Å². The highest BCUT2D eigenvalue weighted by molar-refractivity contribution is 6.42. The molecule has 0 aliphatic rings. The van der Waals surface area contributed by atoms with Crippen molar-refractivity contribution in [3.63, 3.8) is 0 Å². The number of nitrogens with two attached hydrogens (primary N) is 1. The Kier molecular flexibility index (Phi) is 3.00. The Morgan fingerprint density at radius 2 is 2.06 bits per heavy atom. The quantitative estimate of drug-likeness (QED) is 0.862. The van der Waals surface area contributed by atoms with E-state index < -0.39 is 6.10 Å². The standard InChI is InChI=1S/C9H7Cl2N3O2/c10-5-2-1-4(3-6(5)11)7(15)8-13-9(12)16-14-8/h1-3,7,15H,(H2,12,13,14). The average molecular weight is 260 g/mol. The highest BCUT2D eigenvalue weighted by atomic mass is 35.5. The molecular weight excluding hydrogens is 253 g/mol. The largest absolute Gasteiger partial charge is 0.380 e. The van der Waals surface area contributed by atoms with Gasteiger partial charge in [0, 0.05) is 0 Å². The van der Waals surface area contributed by atoms with E-state index in [1.165, 1.54) is 6.07 Å². The summed E-state index contributed by atoms with van der Waals surface area (Å²) in [5, 5.41) is 14.1. The van der Waals surface area contributed by atoms with E-state index in [0.29, 0.717) is 15.6 Å². The van der Waals surface area contributed by atoms with Gasteiger partial charge in [-0.05, 0) is 17.7 Å². The van der Waals surface area contributed by atoms with Gasteiger partial charge in [0.2, 0.25) is 5.82 Å². The fourth-order valence-electron chi connectivity index (χ4n) is 1.19. The molecule has 2 aromatic rings. The predicted molar refractivity (Wildman–Crippen MR) is 59.2 cm³/mol. The molecule has 1 atom stereocenters. The molecule has 0 saturated carbocycles. The lowest BCUT2D eigenvalue weighted by molar-refractivity contribution is 0.204. The van der Waals surface area contributed by atoms with E-state index in [-0.39, 0.29) is 11.8 Å². The van der Waals surface area contributed by atoms with Crippen molar-refractivity contribution in [2.45, 2.75) is 6.10 Å². The van der Waals surface area contributed by atoms with Gasteiger partial charge in [-0.2, -0.15) is 4.98 Å². The van der Waals surface area contributed by atoms with Gasteiger partial charge < -0.3 is 15.4 Å². The predicted octanol–water partition coefficient (Wildman–Crippen LogP) is 2.04. The van der Waals surface area contributed by atoms with Gasteiger partial charge in [0.25, 0.3) is 0 Å². The number of aliphatic hydroxyl groups is 1. The molecule has 1 aromatic carbocycles. The number of hydrogen-bond donors (Lipinski definition) is 2. The van der Waals surface area contributed by atoms with Crippen LogP contribution in [0.25, 0.3) is 0 Å². The first kappa shape index (κ1) is 11.2. The Bertz CT molecular complexity index is 515. The Balaban J connectivity index is 2.33. The van der Waals surface area contributed by atoms with Gasteiger partial charge in [-0.3, -0.25) is 0 Å². The van der Waals surface area contributed by atoms with Crippen LogP contribution in [0.1, 0.15) is 17.5 Å². The number of benzene rings is 1. The van der Waals surface area contributed by atoms with Crippen LogP contribution in [0.3, 0.4) is 0 Å². The summed E-state index contributed by atoms with van der Waals surface area (Å²) in [5.41, 5.74) is 5.76. The lowest BCUT2D eigenvalue weighted by atomic mass is 10.1. The summed E-state index contributed by atoms with van der Waals surface area (Å²) in [5.74, 6) is 0.0795. The number of anilines is 1. The number of nitrogen functional groups attached to an aromatic ring is 1. The molecule has 0 fully saturated rings. The summed E-state index contributed by atoms with van der Waals surface area (Å²) in [6.07, 6.45) is -1.05. The summed E-state index contributed by atoms with van der Waals surface area (Å²) in [4.78, 5) is 3.71. The van der Waals surface area contributed by atoms with Crippen molar-refractivity contribution in [2.75, 3.05) is 5.73 Å². The highest BCUT2D eigenvalue weighted by Crippen LogP contribution is 2.27. The summed E-state index contributed by atoms with van der Waals surface area (Å²) in [6.45, 7) is 0. The van der Waals surface area contributed by atoms with E-state index in [1.54, 1.807) is 12.1 Å². The molecular formula is C9H7Cl2N3O2. The van der Waals surface area contributed by atoms with Gasteiger partial charge in [0.1, 0.15) is 6.10 Å².